The van der Waals surface area contributed by atoms with E-state index in [0.29, 0.717) is 17.9 Å². The topological polar surface area (TPSA) is 35.5 Å². The zero-order valence-corrected chi connectivity index (χ0v) is 22.3. The number of fused-ring (bicyclic) bond motifs is 5. The maximum Gasteiger partial charge on any atom is 0.508 e. The van der Waals surface area contributed by atoms with E-state index in [1.54, 1.807) is 0 Å². The van der Waals surface area contributed by atoms with Gasteiger partial charge in [-0.25, -0.2) is 4.79 Å². The molecule has 0 aromatic rings. The van der Waals surface area contributed by atoms with Gasteiger partial charge < -0.3 is 9.47 Å². The number of ether oxygens (including phenoxy) is 2. The van der Waals surface area contributed by atoms with Crippen LogP contribution in [0.5, 0.6) is 0 Å². The second-order valence-corrected chi connectivity index (χ2v) is 13.0. The molecule has 188 valence electrons. The van der Waals surface area contributed by atoms with E-state index in [0.717, 1.165) is 41.9 Å². The average Bonchev–Trinajstić information content (AvgIpc) is 3.11. The molecule has 3 saturated carbocycles. The van der Waals surface area contributed by atoms with Crippen molar-refractivity contribution in [3.63, 3.8) is 0 Å². The van der Waals surface area contributed by atoms with Crippen molar-refractivity contribution in [3.8, 4) is 0 Å². The van der Waals surface area contributed by atoms with Gasteiger partial charge in [-0.3, -0.25) is 0 Å². The van der Waals surface area contributed by atoms with Gasteiger partial charge in [0.05, 0.1) is 6.61 Å². The molecule has 0 amide bonds. The summed E-state index contributed by atoms with van der Waals surface area (Å²) in [5.41, 5.74) is 0.815. The van der Waals surface area contributed by atoms with Crippen molar-refractivity contribution < 1.29 is 14.3 Å². The number of carbonyl (C=O) groups is 1. The minimum absolute atomic E-state index is 0.116. The largest absolute Gasteiger partial charge is 0.508 e. The molecule has 0 heterocycles. The molecule has 3 heteroatoms. The smallest absolute Gasteiger partial charge is 0.435 e. The molecule has 0 spiro atoms. The number of carbonyl (C=O) groups excluding carboxylic acids is 1. The van der Waals surface area contributed by atoms with Gasteiger partial charge in [-0.05, 0) is 110 Å². The number of rotatable bonds is 7. The van der Waals surface area contributed by atoms with Crippen molar-refractivity contribution in [2.45, 2.75) is 112 Å². The Bertz CT molecular complexity index is 713. The molecule has 9 atom stereocenters. The minimum Gasteiger partial charge on any atom is -0.435 e. The Morgan fingerprint density at radius 1 is 1.03 bits per heavy atom. The molecule has 0 radical (unpaired) electrons. The highest BCUT2D eigenvalue weighted by molar-refractivity contribution is 5.60. The van der Waals surface area contributed by atoms with Crippen LogP contribution in [0, 0.1) is 52.3 Å². The van der Waals surface area contributed by atoms with Crippen LogP contribution in [-0.2, 0) is 9.47 Å². The summed E-state index contributed by atoms with van der Waals surface area (Å²) in [6.07, 6.45) is 17.5. The lowest BCUT2D eigenvalue weighted by Crippen LogP contribution is -2.53. The van der Waals surface area contributed by atoms with Gasteiger partial charge in [0.15, 0.2) is 0 Å². The molecule has 0 bridgehead atoms. The van der Waals surface area contributed by atoms with Crippen LogP contribution < -0.4 is 0 Å². The van der Waals surface area contributed by atoms with Gasteiger partial charge in [0.2, 0.25) is 0 Å². The minimum atomic E-state index is -0.516. The summed E-state index contributed by atoms with van der Waals surface area (Å²) in [5.74, 6) is 5.84. The Hall–Kier alpha value is -0.990. The summed E-state index contributed by atoms with van der Waals surface area (Å²) in [7, 11) is 0. The Kier molecular flexibility index (Phi) is 7.56. The highest BCUT2D eigenvalue weighted by Crippen LogP contribution is 2.67. The maximum absolute atomic E-state index is 11.8. The second kappa shape index (κ2) is 9.94. The fourth-order valence-corrected chi connectivity index (χ4v) is 9.16. The van der Waals surface area contributed by atoms with Crippen LogP contribution >= 0.6 is 0 Å². The standard InChI is InChI=1S/C30H50O3/c1-7-32-28(31)33-23-15-17-29(5)22(19-23)11-12-24-26-14-13-25(21(4)10-8-9-20(2)3)30(26,6)18-16-27(24)29/h15,17,20-27H,7-14,16,18-19H2,1-6H3/t21-,22+,23?,24?,25?,26?,27?,29?,30?/m1/s1. The first kappa shape index (κ1) is 25.1. The van der Waals surface area contributed by atoms with Crippen molar-refractivity contribution in [2.75, 3.05) is 6.61 Å². The van der Waals surface area contributed by atoms with Crippen LogP contribution in [0.3, 0.4) is 0 Å². The second-order valence-electron chi connectivity index (χ2n) is 13.0. The van der Waals surface area contributed by atoms with E-state index in [4.69, 9.17) is 9.47 Å². The fraction of sp³-hybridized carbons (Fsp3) is 0.900. The lowest BCUT2D eigenvalue weighted by atomic mass is 9.45. The van der Waals surface area contributed by atoms with Crippen molar-refractivity contribution in [2.24, 2.45) is 52.3 Å². The van der Waals surface area contributed by atoms with Crippen LogP contribution in [0.25, 0.3) is 0 Å². The molecular formula is C30H50O3. The highest BCUT2D eigenvalue weighted by atomic mass is 16.7. The first-order chi connectivity index (χ1) is 15.7. The summed E-state index contributed by atoms with van der Waals surface area (Å²) < 4.78 is 10.6. The monoisotopic (exact) mass is 458 g/mol. The van der Waals surface area contributed by atoms with Crippen LogP contribution in [0.2, 0.25) is 0 Å². The molecule has 7 unspecified atom stereocenters. The molecule has 4 rings (SSSR count). The van der Waals surface area contributed by atoms with E-state index in [1.807, 2.05) is 6.92 Å². The van der Waals surface area contributed by atoms with E-state index in [-0.39, 0.29) is 11.5 Å². The van der Waals surface area contributed by atoms with Crippen molar-refractivity contribution in [3.05, 3.63) is 12.2 Å². The highest BCUT2D eigenvalue weighted by Gasteiger charge is 2.60. The van der Waals surface area contributed by atoms with Crippen molar-refractivity contribution in [1.82, 2.24) is 0 Å². The third kappa shape index (κ3) is 4.76. The Balaban J connectivity index is 1.43. The summed E-state index contributed by atoms with van der Waals surface area (Å²) in [6, 6.07) is 0. The first-order valence-corrected chi connectivity index (χ1v) is 14.2. The van der Waals surface area contributed by atoms with Crippen LogP contribution in [-0.4, -0.2) is 18.9 Å². The summed E-state index contributed by atoms with van der Waals surface area (Å²) in [5, 5.41) is 0. The maximum atomic E-state index is 11.8. The van der Waals surface area contributed by atoms with Gasteiger partial charge in [-0.1, -0.05) is 60.0 Å². The summed E-state index contributed by atoms with van der Waals surface area (Å²) in [4.78, 5) is 11.8. The normalized spacial score (nSPS) is 42.9. The molecule has 0 saturated heterocycles. The molecule has 3 nitrogen and oxygen atoms in total. The van der Waals surface area contributed by atoms with Gasteiger partial charge in [0.1, 0.15) is 6.10 Å². The van der Waals surface area contributed by atoms with E-state index < -0.39 is 6.16 Å². The zero-order chi connectivity index (χ0) is 23.8. The Morgan fingerprint density at radius 3 is 2.55 bits per heavy atom. The Morgan fingerprint density at radius 2 is 1.82 bits per heavy atom. The van der Waals surface area contributed by atoms with Gasteiger partial charge >= 0.3 is 6.16 Å². The predicted octanol–water partition coefficient (Wildman–Crippen LogP) is 8.43. The first-order valence-electron chi connectivity index (χ1n) is 14.2. The molecular weight excluding hydrogens is 408 g/mol. The lowest BCUT2D eigenvalue weighted by molar-refractivity contribution is -0.0928. The van der Waals surface area contributed by atoms with Crippen molar-refractivity contribution in [1.29, 1.82) is 0 Å². The number of hydrogen-bond donors (Lipinski definition) is 0. The molecule has 33 heavy (non-hydrogen) atoms. The zero-order valence-electron chi connectivity index (χ0n) is 22.3. The van der Waals surface area contributed by atoms with E-state index in [9.17, 15) is 4.79 Å². The SMILES string of the molecule is CCOC(=O)OC1C=CC2(C)C3CCC4(C)C(CCC4[C@H](C)CCCC(C)C)C3CC[C@H]2C1. The summed E-state index contributed by atoms with van der Waals surface area (Å²) in [6.45, 7) is 14.7. The van der Waals surface area contributed by atoms with Gasteiger partial charge in [0.25, 0.3) is 0 Å². The molecule has 4 aliphatic carbocycles. The molecule has 0 N–H and O–H groups in total. The molecule has 0 aromatic carbocycles. The van der Waals surface area contributed by atoms with Crippen LogP contribution in [0.15, 0.2) is 12.2 Å². The van der Waals surface area contributed by atoms with E-state index in [2.05, 4.69) is 46.8 Å². The fourth-order valence-electron chi connectivity index (χ4n) is 9.16. The third-order valence-electron chi connectivity index (χ3n) is 10.9. The third-order valence-corrected chi connectivity index (χ3v) is 10.9. The number of hydrogen-bond acceptors (Lipinski definition) is 3. The average molecular weight is 459 g/mol. The van der Waals surface area contributed by atoms with Gasteiger partial charge in [-0.15, -0.1) is 0 Å². The molecule has 0 aromatic heterocycles. The van der Waals surface area contributed by atoms with E-state index in [1.165, 1.54) is 57.8 Å². The van der Waals surface area contributed by atoms with Crippen LogP contribution in [0.4, 0.5) is 4.79 Å². The lowest BCUT2D eigenvalue weighted by Gasteiger charge is -2.59. The molecule has 4 aliphatic rings. The van der Waals surface area contributed by atoms with Crippen molar-refractivity contribution >= 4 is 6.16 Å². The number of allylic oxidation sites excluding steroid dienone is 1. The summed E-state index contributed by atoms with van der Waals surface area (Å²) >= 11 is 0. The van der Waals surface area contributed by atoms with Gasteiger partial charge in [-0.2, -0.15) is 0 Å². The predicted molar refractivity (Wildman–Crippen MR) is 135 cm³/mol. The molecule has 0 aliphatic heterocycles. The van der Waals surface area contributed by atoms with E-state index >= 15 is 0 Å². The molecule has 3 fully saturated rings. The van der Waals surface area contributed by atoms with Crippen LogP contribution in [0.1, 0.15) is 106 Å². The van der Waals surface area contributed by atoms with Gasteiger partial charge in [0, 0.05) is 0 Å². The quantitative estimate of drug-likeness (QED) is 0.284. The Labute approximate surface area is 203 Å².